The maximum absolute atomic E-state index is 12.8. The molecule has 0 bridgehead atoms. The lowest BCUT2D eigenvalue weighted by atomic mass is 10.0. The molecule has 0 aliphatic heterocycles. The minimum Gasteiger partial charge on any atom is -0.356 e. The molecule has 17 heavy (non-hydrogen) atoms. The molecular weight excluding hydrogens is 299 g/mol. The highest BCUT2D eigenvalue weighted by Crippen LogP contribution is 2.37. The van der Waals surface area contributed by atoms with Crippen LogP contribution in [-0.4, -0.2) is 5.16 Å². The molecule has 0 amide bonds. The van der Waals surface area contributed by atoms with Gasteiger partial charge < -0.3 is 4.52 Å². The molecule has 0 fully saturated rings. The molecule has 0 spiro atoms. The van der Waals surface area contributed by atoms with Crippen LogP contribution in [0.5, 0.6) is 0 Å². The highest BCUT2D eigenvalue weighted by Gasteiger charge is 2.34. The Kier molecular flexibility index (Phi) is 3.24. The number of nitrogens with zero attached hydrogens (tertiary/aromatic N) is 1. The second-order valence-electron chi connectivity index (χ2n) is 3.36. The summed E-state index contributed by atoms with van der Waals surface area (Å²) in [6, 6.07) is 6.74. The predicted molar refractivity (Wildman–Crippen MR) is 59.6 cm³/mol. The van der Waals surface area contributed by atoms with E-state index in [0.29, 0.717) is 11.0 Å². The van der Waals surface area contributed by atoms with Crippen LogP contribution in [-0.2, 0) is 11.5 Å². The monoisotopic (exact) mass is 305 g/mol. The summed E-state index contributed by atoms with van der Waals surface area (Å²) in [5, 5.41) is 4.08. The Balaban J connectivity index is 2.52. The van der Waals surface area contributed by atoms with Crippen molar-refractivity contribution < 1.29 is 17.7 Å². The Hall–Kier alpha value is -1.30. The third-order valence-electron chi connectivity index (χ3n) is 2.19. The van der Waals surface area contributed by atoms with Gasteiger partial charge >= 0.3 is 6.18 Å². The van der Waals surface area contributed by atoms with Gasteiger partial charge in [-0.1, -0.05) is 39.3 Å². The van der Waals surface area contributed by atoms with Gasteiger partial charge in [0, 0.05) is 17.0 Å². The zero-order valence-corrected chi connectivity index (χ0v) is 10.0. The van der Waals surface area contributed by atoms with Gasteiger partial charge in [0.15, 0.2) is 5.76 Å². The molecule has 0 aliphatic rings. The molecule has 2 nitrogen and oxygen atoms in total. The van der Waals surface area contributed by atoms with E-state index in [2.05, 4.69) is 21.1 Å². The van der Waals surface area contributed by atoms with Crippen molar-refractivity contribution in [3.63, 3.8) is 0 Å². The quantitative estimate of drug-likeness (QED) is 0.775. The van der Waals surface area contributed by atoms with Gasteiger partial charge in [0.2, 0.25) is 0 Å². The lowest BCUT2D eigenvalue weighted by Gasteiger charge is -2.09. The van der Waals surface area contributed by atoms with Crippen LogP contribution in [0.1, 0.15) is 11.3 Å². The van der Waals surface area contributed by atoms with E-state index < -0.39 is 11.7 Å². The maximum atomic E-state index is 12.8. The normalized spacial score (nSPS) is 11.8. The van der Waals surface area contributed by atoms with E-state index in [1.807, 2.05) is 0 Å². The van der Waals surface area contributed by atoms with Crippen molar-refractivity contribution in [1.82, 2.24) is 5.16 Å². The Labute approximate surface area is 104 Å². The first-order chi connectivity index (χ1) is 8.02. The fourth-order valence-corrected chi connectivity index (χ4v) is 1.71. The van der Waals surface area contributed by atoms with Crippen LogP contribution in [0.25, 0.3) is 11.3 Å². The fourth-order valence-electron chi connectivity index (χ4n) is 1.45. The molecule has 1 heterocycles. The first-order valence-corrected chi connectivity index (χ1v) is 5.82. The van der Waals surface area contributed by atoms with Gasteiger partial charge in [0.05, 0.1) is 11.3 Å². The summed E-state index contributed by atoms with van der Waals surface area (Å²) in [5.74, 6) is 0.118. The van der Waals surface area contributed by atoms with Crippen LogP contribution in [0.15, 0.2) is 34.9 Å². The number of hydrogen-bond acceptors (Lipinski definition) is 2. The van der Waals surface area contributed by atoms with Crippen molar-refractivity contribution in [3.05, 3.63) is 41.6 Å². The van der Waals surface area contributed by atoms with E-state index in [1.165, 1.54) is 24.3 Å². The molecule has 0 radical (unpaired) electrons. The van der Waals surface area contributed by atoms with Crippen molar-refractivity contribution in [2.24, 2.45) is 0 Å². The van der Waals surface area contributed by atoms with Gasteiger partial charge in [0.25, 0.3) is 0 Å². The van der Waals surface area contributed by atoms with E-state index in [1.54, 1.807) is 0 Å². The Morgan fingerprint density at radius 2 is 1.94 bits per heavy atom. The van der Waals surface area contributed by atoms with Crippen molar-refractivity contribution in [1.29, 1.82) is 0 Å². The van der Waals surface area contributed by atoms with E-state index in [4.69, 9.17) is 4.52 Å². The van der Waals surface area contributed by atoms with Crippen LogP contribution >= 0.6 is 15.9 Å². The van der Waals surface area contributed by atoms with E-state index in [-0.39, 0.29) is 11.3 Å². The van der Waals surface area contributed by atoms with Crippen LogP contribution in [0.4, 0.5) is 13.2 Å². The Morgan fingerprint density at radius 3 is 2.53 bits per heavy atom. The lowest BCUT2D eigenvalue weighted by molar-refractivity contribution is -0.137. The molecule has 0 saturated heterocycles. The standard InChI is InChI=1S/C11H7BrF3NO/c12-6-7-5-10(17-16-7)8-3-1-2-4-9(8)11(13,14)15/h1-5H,6H2. The van der Waals surface area contributed by atoms with Gasteiger partial charge in [-0.25, -0.2) is 0 Å². The van der Waals surface area contributed by atoms with Crippen LogP contribution in [0.3, 0.4) is 0 Å². The topological polar surface area (TPSA) is 26.0 Å². The Bertz CT molecular complexity index is 521. The van der Waals surface area contributed by atoms with E-state index >= 15 is 0 Å². The average molecular weight is 306 g/mol. The highest BCUT2D eigenvalue weighted by molar-refractivity contribution is 9.08. The molecule has 6 heteroatoms. The van der Waals surface area contributed by atoms with E-state index in [9.17, 15) is 13.2 Å². The molecule has 2 aromatic rings. The van der Waals surface area contributed by atoms with Crippen molar-refractivity contribution in [2.75, 3.05) is 0 Å². The van der Waals surface area contributed by atoms with Gasteiger partial charge in [-0.2, -0.15) is 13.2 Å². The smallest absolute Gasteiger partial charge is 0.356 e. The van der Waals surface area contributed by atoms with Crippen LogP contribution in [0.2, 0.25) is 0 Å². The van der Waals surface area contributed by atoms with Gasteiger partial charge in [0.1, 0.15) is 0 Å². The van der Waals surface area contributed by atoms with Crippen LogP contribution < -0.4 is 0 Å². The number of hydrogen-bond donors (Lipinski definition) is 0. The molecule has 0 atom stereocenters. The molecule has 0 N–H and O–H groups in total. The van der Waals surface area contributed by atoms with Gasteiger partial charge in [-0.3, -0.25) is 0 Å². The third-order valence-corrected chi connectivity index (χ3v) is 2.77. The minimum atomic E-state index is -4.40. The third kappa shape index (κ3) is 2.52. The molecule has 0 unspecified atom stereocenters. The zero-order chi connectivity index (χ0) is 12.5. The summed E-state index contributed by atoms with van der Waals surface area (Å²) in [5.41, 5.74) is -0.172. The maximum Gasteiger partial charge on any atom is 0.417 e. The van der Waals surface area contributed by atoms with Gasteiger partial charge in [-0.05, 0) is 6.07 Å². The lowest BCUT2D eigenvalue weighted by Crippen LogP contribution is -2.06. The van der Waals surface area contributed by atoms with Gasteiger partial charge in [-0.15, -0.1) is 0 Å². The highest BCUT2D eigenvalue weighted by atomic mass is 79.9. The SMILES string of the molecule is FC(F)(F)c1ccccc1-c1cc(CBr)no1. The number of rotatable bonds is 2. The largest absolute Gasteiger partial charge is 0.417 e. The molecule has 2 rings (SSSR count). The first kappa shape index (κ1) is 12.2. The second kappa shape index (κ2) is 4.52. The number of aromatic nitrogens is 1. The molecule has 0 aliphatic carbocycles. The summed E-state index contributed by atoms with van der Waals surface area (Å²) in [7, 11) is 0. The number of benzene rings is 1. The van der Waals surface area contributed by atoms with Crippen molar-refractivity contribution in [2.45, 2.75) is 11.5 Å². The average Bonchev–Trinajstić information content (AvgIpc) is 2.76. The van der Waals surface area contributed by atoms with Crippen LogP contribution in [0, 0.1) is 0 Å². The first-order valence-electron chi connectivity index (χ1n) is 4.70. The number of alkyl halides is 4. The molecule has 1 aromatic carbocycles. The van der Waals surface area contributed by atoms with Crippen molar-refractivity contribution in [3.8, 4) is 11.3 Å². The summed E-state index contributed by atoms with van der Waals surface area (Å²) < 4.78 is 43.2. The second-order valence-corrected chi connectivity index (χ2v) is 3.92. The number of halogens is 4. The Morgan fingerprint density at radius 1 is 1.24 bits per heavy atom. The fraction of sp³-hybridized carbons (Fsp3) is 0.182. The summed E-state index contributed by atoms with van der Waals surface area (Å²) in [6.45, 7) is 0. The van der Waals surface area contributed by atoms with E-state index in [0.717, 1.165) is 6.07 Å². The van der Waals surface area contributed by atoms with Crippen molar-refractivity contribution >= 4 is 15.9 Å². The zero-order valence-electron chi connectivity index (χ0n) is 8.46. The molecular formula is C11H7BrF3NO. The predicted octanol–water partition coefficient (Wildman–Crippen LogP) is 4.26. The minimum absolute atomic E-state index is 0.000278. The molecule has 0 saturated carbocycles. The summed E-state index contributed by atoms with van der Waals surface area (Å²) in [6.07, 6.45) is -4.40. The molecule has 90 valence electrons. The summed E-state index contributed by atoms with van der Waals surface area (Å²) in [4.78, 5) is 0. The summed E-state index contributed by atoms with van der Waals surface area (Å²) >= 11 is 3.16. The molecule has 1 aromatic heterocycles.